The lowest BCUT2D eigenvalue weighted by Crippen LogP contribution is -2.48. The molecule has 0 aliphatic carbocycles. The third kappa shape index (κ3) is 5.50. The highest BCUT2D eigenvalue weighted by Crippen LogP contribution is 2.17. The van der Waals surface area contributed by atoms with Gasteiger partial charge in [-0.15, -0.1) is 0 Å². The van der Waals surface area contributed by atoms with Gasteiger partial charge in [-0.3, -0.25) is 0 Å². The van der Waals surface area contributed by atoms with Crippen molar-refractivity contribution in [3.63, 3.8) is 0 Å². The maximum absolute atomic E-state index is 12.2. The highest BCUT2D eigenvalue weighted by atomic mass is 32.2. The van der Waals surface area contributed by atoms with Crippen molar-refractivity contribution in [2.75, 3.05) is 38.7 Å². The summed E-state index contributed by atoms with van der Waals surface area (Å²) in [5.74, 6) is 0.245. The Morgan fingerprint density at radius 1 is 1.30 bits per heavy atom. The summed E-state index contributed by atoms with van der Waals surface area (Å²) in [6, 6.07) is -0.444. The molecule has 1 N–H and O–H groups in total. The molecule has 0 radical (unpaired) electrons. The third-order valence-corrected chi connectivity index (χ3v) is 4.93. The van der Waals surface area contributed by atoms with Gasteiger partial charge in [-0.1, -0.05) is 5.57 Å². The Kier molecular flexibility index (Phi) is 6.01. The molecule has 1 aliphatic heterocycles. The van der Waals surface area contributed by atoms with Gasteiger partial charge in [-0.05, 0) is 34.4 Å². The van der Waals surface area contributed by atoms with Gasteiger partial charge in [-0.2, -0.15) is 0 Å². The first-order valence-electron chi connectivity index (χ1n) is 6.77. The Hall–Kier alpha value is -1.08. The fourth-order valence-corrected chi connectivity index (χ4v) is 3.80. The van der Waals surface area contributed by atoms with Crippen molar-refractivity contribution in [3.05, 3.63) is 11.8 Å². The molecule has 1 heterocycles. The molecule has 0 bridgehead atoms. The van der Waals surface area contributed by atoms with Gasteiger partial charge in [0.2, 0.25) is 0 Å². The summed E-state index contributed by atoms with van der Waals surface area (Å²) in [5.41, 5.74) is 0.991. The van der Waals surface area contributed by atoms with Gasteiger partial charge in [0.05, 0.1) is 11.5 Å². The average Bonchev–Trinajstić information content (AvgIpc) is 2.66. The molecule has 0 spiro atoms. The normalized spacial score (nSPS) is 20.8. The first-order valence-corrected chi connectivity index (χ1v) is 8.59. The van der Waals surface area contributed by atoms with Crippen LogP contribution in [0, 0.1) is 0 Å². The van der Waals surface area contributed by atoms with Gasteiger partial charge in [0.1, 0.15) is 0 Å². The first-order chi connectivity index (χ1) is 9.21. The van der Waals surface area contributed by atoms with E-state index in [2.05, 4.69) is 5.32 Å². The van der Waals surface area contributed by atoms with Crippen LogP contribution in [0.4, 0.5) is 4.79 Å². The Morgan fingerprint density at radius 2 is 1.95 bits per heavy atom. The number of carbonyl (C=O) groups is 1. The predicted molar refractivity (Wildman–Crippen MR) is 80.3 cm³/mol. The molecule has 1 fully saturated rings. The fraction of sp³-hybridized carbons (Fsp3) is 0.769. The molecule has 116 valence electrons. The lowest BCUT2D eigenvalue weighted by Gasteiger charge is -2.29. The van der Waals surface area contributed by atoms with E-state index in [9.17, 15) is 13.2 Å². The van der Waals surface area contributed by atoms with Gasteiger partial charge in [0, 0.05) is 25.3 Å². The second kappa shape index (κ2) is 7.08. The van der Waals surface area contributed by atoms with E-state index < -0.39 is 9.84 Å². The number of sulfone groups is 1. The lowest BCUT2D eigenvalue weighted by molar-refractivity contribution is 0.176. The maximum Gasteiger partial charge on any atom is 0.321 e. The molecule has 1 aliphatic rings. The molecule has 1 rings (SSSR count). The summed E-state index contributed by atoms with van der Waals surface area (Å²) in [6.07, 6.45) is 2.17. The number of rotatable bonds is 5. The van der Waals surface area contributed by atoms with Crippen molar-refractivity contribution in [1.29, 1.82) is 0 Å². The molecule has 1 atom stereocenters. The highest BCUT2D eigenvalue weighted by molar-refractivity contribution is 7.91. The van der Waals surface area contributed by atoms with Crippen LogP contribution in [0.25, 0.3) is 0 Å². The summed E-state index contributed by atoms with van der Waals surface area (Å²) >= 11 is 0. The van der Waals surface area contributed by atoms with Crippen molar-refractivity contribution < 1.29 is 13.2 Å². The lowest BCUT2D eigenvalue weighted by atomic mass is 10.2. The van der Waals surface area contributed by atoms with Gasteiger partial charge in [-0.25, -0.2) is 13.2 Å². The number of amides is 2. The predicted octanol–water partition coefficient (Wildman–Crippen LogP) is 0.670. The second-order valence-corrected chi connectivity index (χ2v) is 7.95. The first kappa shape index (κ1) is 17.0. The van der Waals surface area contributed by atoms with Gasteiger partial charge in [0.15, 0.2) is 9.84 Å². The standard InChI is InChI=1S/C13H25N3O3S/c1-11(2)9-14-13(17)16(7-6-15(3)4)12-5-8-20(18,19)10-12/h9,12H,5-8,10H2,1-4H3,(H,14,17). The number of carbonyl (C=O) groups excluding carboxylic acids is 1. The molecule has 0 aromatic rings. The Morgan fingerprint density at radius 3 is 2.40 bits per heavy atom. The molecular formula is C13H25N3O3S. The monoisotopic (exact) mass is 303 g/mol. The zero-order valence-electron chi connectivity index (χ0n) is 12.7. The van der Waals surface area contributed by atoms with Crippen molar-refractivity contribution in [1.82, 2.24) is 15.1 Å². The van der Waals surface area contributed by atoms with Crippen LogP contribution in [0.15, 0.2) is 11.8 Å². The van der Waals surface area contributed by atoms with Crippen molar-refractivity contribution in [3.8, 4) is 0 Å². The second-order valence-electron chi connectivity index (χ2n) is 5.72. The molecule has 6 nitrogen and oxygen atoms in total. The van der Waals surface area contributed by atoms with Crippen LogP contribution >= 0.6 is 0 Å². The number of likely N-dealkylation sites (N-methyl/N-ethyl adjacent to an activating group) is 1. The molecule has 1 saturated heterocycles. The SMILES string of the molecule is CC(C)=CNC(=O)N(CCN(C)C)C1CCS(=O)(=O)C1. The average molecular weight is 303 g/mol. The van der Waals surface area contributed by atoms with Crippen molar-refractivity contribution in [2.24, 2.45) is 0 Å². The smallest absolute Gasteiger partial charge is 0.319 e. The van der Waals surface area contributed by atoms with E-state index in [4.69, 9.17) is 0 Å². The van der Waals surface area contributed by atoms with E-state index in [0.717, 1.165) is 5.57 Å². The molecule has 1 unspecified atom stereocenters. The molecule has 0 saturated carbocycles. The molecule has 7 heteroatoms. The summed E-state index contributed by atoms with van der Waals surface area (Å²) < 4.78 is 23.2. The number of allylic oxidation sites excluding steroid dienone is 1. The largest absolute Gasteiger partial charge is 0.321 e. The van der Waals surface area contributed by atoms with Gasteiger partial charge < -0.3 is 15.1 Å². The van der Waals surface area contributed by atoms with Crippen LogP contribution < -0.4 is 5.32 Å². The Balaban J connectivity index is 2.74. The summed E-state index contributed by atoms with van der Waals surface area (Å²) in [4.78, 5) is 15.8. The summed E-state index contributed by atoms with van der Waals surface area (Å²) in [7, 11) is 0.862. The van der Waals surface area contributed by atoms with E-state index in [-0.39, 0.29) is 23.6 Å². The number of hydrogen-bond acceptors (Lipinski definition) is 4. The van der Waals surface area contributed by atoms with Gasteiger partial charge >= 0.3 is 6.03 Å². The maximum atomic E-state index is 12.2. The van der Waals surface area contributed by atoms with Gasteiger partial charge in [0.25, 0.3) is 0 Å². The number of nitrogens with one attached hydrogen (secondary N) is 1. The number of hydrogen-bond donors (Lipinski definition) is 1. The molecule has 2 amide bonds. The van der Waals surface area contributed by atoms with Crippen molar-refractivity contribution >= 4 is 15.9 Å². The number of nitrogens with zero attached hydrogens (tertiary/aromatic N) is 2. The minimum Gasteiger partial charge on any atom is -0.319 e. The fourth-order valence-electron chi connectivity index (χ4n) is 2.07. The highest BCUT2D eigenvalue weighted by Gasteiger charge is 2.34. The molecule has 20 heavy (non-hydrogen) atoms. The quantitative estimate of drug-likeness (QED) is 0.810. The van der Waals surface area contributed by atoms with E-state index >= 15 is 0 Å². The van der Waals surface area contributed by atoms with Crippen LogP contribution in [0.2, 0.25) is 0 Å². The van der Waals surface area contributed by atoms with E-state index in [1.807, 2.05) is 32.8 Å². The molecular weight excluding hydrogens is 278 g/mol. The zero-order valence-corrected chi connectivity index (χ0v) is 13.5. The minimum absolute atomic E-state index is 0.0721. The number of urea groups is 1. The molecule has 0 aromatic carbocycles. The topological polar surface area (TPSA) is 69.7 Å². The van der Waals surface area contributed by atoms with Crippen molar-refractivity contribution in [2.45, 2.75) is 26.3 Å². The van der Waals surface area contributed by atoms with Crippen LogP contribution in [0.3, 0.4) is 0 Å². The van der Waals surface area contributed by atoms with E-state index in [0.29, 0.717) is 19.5 Å². The van der Waals surface area contributed by atoms with E-state index in [1.54, 1.807) is 11.1 Å². The Labute approximate surface area is 121 Å². The molecule has 0 aromatic heterocycles. The third-order valence-electron chi connectivity index (χ3n) is 3.18. The minimum atomic E-state index is -2.99. The summed E-state index contributed by atoms with van der Waals surface area (Å²) in [5, 5.41) is 2.72. The summed E-state index contributed by atoms with van der Waals surface area (Å²) in [6.45, 7) is 5.02. The van der Waals surface area contributed by atoms with Crippen LogP contribution in [-0.4, -0.2) is 69.0 Å². The van der Waals surface area contributed by atoms with Crippen LogP contribution in [0.1, 0.15) is 20.3 Å². The zero-order chi connectivity index (χ0) is 15.3. The Bertz CT molecular complexity index is 467. The van der Waals surface area contributed by atoms with E-state index in [1.165, 1.54) is 0 Å². The van der Waals surface area contributed by atoms with Crippen LogP contribution in [0.5, 0.6) is 0 Å². The van der Waals surface area contributed by atoms with Crippen LogP contribution in [-0.2, 0) is 9.84 Å².